The number of benzene rings is 1. The summed E-state index contributed by atoms with van der Waals surface area (Å²) < 4.78 is 58.3. The highest BCUT2D eigenvalue weighted by Crippen LogP contribution is 2.27. The van der Waals surface area contributed by atoms with Gasteiger partial charge in [-0.25, -0.2) is 4.21 Å². The van der Waals surface area contributed by atoms with Crippen LogP contribution in [0.25, 0.3) is 6.08 Å². The second-order valence-corrected chi connectivity index (χ2v) is 6.09. The number of halogens is 3. The van der Waals surface area contributed by atoms with Gasteiger partial charge in [0.25, 0.3) is 10.0 Å². The zero-order chi connectivity index (χ0) is 18.1. The number of nitrogens with zero attached hydrogens (tertiary/aromatic N) is 2. The molecule has 4 nitrogen and oxygen atoms in total. The van der Waals surface area contributed by atoms with Gasteiger partial charge in [-0.05, 0) is 37.3 Å². The Balaban J connectivity index is 0.000000585. The lowest BCUT2D eigenvalue weighted by Crippen LogP contribution is -2.21. The molecular formula is C15H23F3N2O2S. The molecular weight excluding hydrogens is 329 g/mol. The van der Waals surface area contributed by atoms with Crippen molar-refractivity contribution in [1.82, 2.24) is 4.90 Å². The molecule has 1 aromatic rings. The minimum absolute atomic E-state index is 0.213. The van der Waals surface area contributed by atoms with E-state index in [1.807, 2.05) is 0 Å². The van der Waals surface area contributed by atoms with Crippen LogP contribution in [0, 0.1) is 0 Å². The Morgan fingerprint density at radius 1 is 1.17 bits per heavy atom. The third-order valence-corrected chi connectivity index (χ3v) is 4.06. The SMILES string of the molecule is C=Cc1ccc(N=S(=O)(O)C(F)(F)F)cc1.CCN(CC)CC. The molecule has 1 rings (SSSR count). The molecule has 23 heavy (non-hydrogen) atoms. The van der Waals surface area contributed by atoms with Gasteiger partial charge in [-0.3, -0.25) is 4.55 Å². The van der Waals surface area contributed by atoms with Gasteiger partial charge in [0.05, 0.1) is 5.69 Å². The van der Waals surface area contributed by atoms with Crippen LogP contribution in [0.5, 0.6) is 0 Å². The highest BCUT2D eigenvalue weighted by Gasteiger charge is 2.42. The molecule has 8 heteroatoms. The smallest absolute Gasteiger partial charge is 0.304 e. The van der Waals surface area contributed by atoms with Gasteiger partial charge in [-0.2, -0.15) is 17.5 Å². The second kappa shape index (κ2) is 9.69. The summed E-state index contributed by atoms with van der Waals surface area (Å²) in [5.74, 6) is 0. The lowest BCUT2D eigenvalue weighted by atomic mass is 10.2. The van der Waals surface area contributed by atoms with Crippen LogP contribution in [0.15, 0.2) is 35.2 Å². The highest BCUT2D eigenvalue weighted by atomic mass is 32.2. The van der Waals surface area contributed by atoms with Crippen LogP contribution < -0.4 is 0 Å². The van der Waals surface area contributed by atoms with E-state index in [4.69, 9.17) is 4.55 Å². The van der Waals surface area contributed by atoms with Gasteiger partial charge in [-0.15, -0.1) is 0 Å². The van der Waals surface area contributed by atoms with E-state index < -0.39 is 15.5 Å². The molecule has 0 saturated heterocycles. The van der Waals surface area contributed by atoms with E-state index in [-0.39, 0.29) is 5.69 Å². The standard InChI is InChI=1S/C9H8F3NO2S.C6H15N/c1-2-7-3-5-8(6-4-7)13-16(14,15)9(10,11)12;1-4-7(5-2)6-3/h2-6H,1H2,(H,13,14,15);4-6H2,1-3H3. The second-order valence-electron chi connectivity index (χ2n) is 4.45. The molecule has 0 fully saturated rings. The summed E-state index contributed by atoms with van der Waals surface area (Å²) in [6, 6.07) is 5.30. The van der Waals surface area contributed by atoms with E-state index >= 15 is 0 Å². The zero-order valence-corrected chi connectivity index (χ0v) is 14.3. The Labute approximate surface area is 136 Å². The Kier molecular flexibility index (Phi) is 9.11. The van der Waals surface area contributed by atoms with Gasteiger partial charge in [0.15, 0.2) is 0 Å². The summed E-state index contributed by atoms with van der Waals surface area (Å²) >= 11 is 0. The monoisotopic (exact) mass is 352 g/mol. The lowest BCUT2D eigenvalue weighted by Gasteiger charge is -2.13. The number of hydrogen-bond acceptors (Lipinski definition) is 3. The maximum Gasteiger partial charge on any atom is 0.504 e. The molecule has 0 spiro atoms. The third-order valence-electron chi connectivity index (χ3n) is 3.00. The van der Waals surface area contributed by atoms with Crippen molar-refractivity contribution < 1.29 is 21.9 Å². The predicted octanol–water partition coefficient (Wildman–Crippen LogP) is 4.77. The van der Waals surface area contributed by atoms with Crippen molar-refractivity contribution in [2.75, 3.05) is 19.6 Å². The Morgan fingerprint density at radius 3 is 1.87 bits per heavy atom. The first-order valence-electron chi connectivity index (χ1n) is 7.11. The van der Waals surface area contributed by atoms with Gasteiger partial charge in [0, 0.05) is 0 Å². The van der Waals surface area contributed by atoms with Crippen molar-refractivity contribution in [3.05, 3.63) is 36.4 Å². The molecule has 0 radical (unpaired) electrons. The van der Waals surface area contributed by atoms with Crippen molar-refractivity contribution in [1.29, 1.82) is 0 Å². The molecule has 0 amide bonds. The summed E-state index contributed by atoms with van der Waals surface area (Å²) in [4.78, 5) is 2.38. The Morgan fingerprint density at radius 2 is 1.61 bits per heavy atom. The summed E-state index contributed by atoms with van der Waals surface area (Å²) in [5.41, 5.74) is -4.80. The minimum Gasteiger partial charge on any atom is -0.304 e. The highest BCUT2D eigenvalue weighted by molar-refractivity contribution is 7.89. The maximum atomic E-state index is 12.0. The first kappa shape index (κ1) is 21.6. The molecule has 0 bridgehead atoms. The van der Waals surface area contributed by atoms with Crippen LogP contribution in [0.3, 0.4) is 0 Å². The lowest BCUT2D eigenvalue weighted by molar-refractivity contribution is -0.0468. The molecule has 0 aliphatic heterocycles. The topological polar surface area (TPSA) is 52.9 Å². The minimum atomic E-state index is -5.26. The quantitative estimate of drug-likeness (QED) is 0.830. The van der Waals surface area contributed by atoms with E-state index in [0.717, 1.165) is 0 Å². The van der Waals surface area contributed by atoms with Crippen molar-refractivity contribution in [2.45, 2.75) is 26.3 Å². The first-order chi connectivity index (χ1) is 10.6. The average Bonchev–Trinajstić information content (AvgIpc) is 2.49. The summed E-state index contributed by atoms with van der Waals surface area (Å²) in [7, 11) is -5.22. The average molecular weight is 352 g/mol. The molecule has 0 heterocycles. The van der Waals surface area contributed by atoms with Crippen LogP contribution in [-0.4, -0.2) is 38.8 Å². The third kappa shape index (κ3) is 7.62. The van der Waals surface area contributed by atoms with E-state index in [2.05, 4.69) is 36.6 Å². The first-order valence-corrected chi connectivity index (χ1v) is 8.59. The molecule has 0 saturated carbocycles. The Bertz CT molecular complexity index is 582. The van der Waals surface area contributed by atoms with Crippen LogP contribution in [0.1, 0.15) is 26.3 Å². The molecule has 0 aliphatic rings. The van der Waals surface area contributed by atoms with Crippen molar-refractivity contribution in [2.24, 2.45) is 4.36 Å². The van der Waals surface area contributed by atoms with Gasteiger partial charge in [0.2, 0.25) is 0 Å². The van der Waals surface area contributed by atoms with Crippen LogP contribution >= 0.6 is 0 Å². The summed E-state index contributed by atoms with van der Waals surface area (Å²) in [6.07, 6.45) is 1.49. The number of rotatable bonds is 5. The van der Waals surface area contributed by atoms with E-state index in [0.29, 0.717) is 5.56 Å². The van der Waals surface area contributed by atoms with Gasteiger partial charge < -0.3 is 4.90 Å². The van der Waals surface area contributed by atoms with E-state index in [9.17, 15) is 17.4 Å². The van der Waals surface area contributed by atoms with Crippen LogP contribution in [0.4, 0.5) is 18.9 Å². The summed E-state index contributed by atoms with van der Waals surface area (Å²) in [5, 5.41) is 0. The number of alkyl halides is 3. The largest absolute Gasteiger partial charge is 0.504 e. The van der Waals surface area contributed by atoms with Crippen LogP contribution in [-0.2, 0) is 10.0 Å². The molecule has 1 atom stereocenters. The van der Waals surface area contributed by atoms with Gasteiger partial charge >= 0.3 is 5.51 Å². The molecule has 132 valence electrons. The fourth-order valence-electron chi connectivity index (χ4n) is 1.54. The van der Waals surface area contributed by atoms with E-state index in [1.54, 1.807) is 0 Å². The molecule has 0 aromatic heterocycles. The van der Waals surface area contributed by atoms with Crippen LogP contribution in [0.2, 0.25) is 0 Å². The molecule has 0 aliphatic carbocycles. The van der Waals surface area contributed by atoms with Crippen molar-refractivity contribution in [3.63, 3.8) is 0 Å². The van der Waals surface area contributed by atoms with Gasteiger partial charge in [0.1, 0.15) is 0 Å². The molecule has 1 unspecified atom stereocenters. The zero-order valence-electron chi connectivity index (χ0n) is 13.5. The molecule has 1 N–H and O–H groups in total. The number of hydrogen-bond donors (Lipinski definition) is 1. The fourth-order valence-corrected chi connectivity index (χ4v) is 2.05. The van der Waals surface area contributed by atoms with E-state index in [1.165, 1.54) is 50.0 Å². The maximum absolute atomic E-state index is 12.0. The fraction of sp³-hybridized carbons (Fsp3) is 0.467. The molecule has 1 aromatic carbocycles. The van der Waals surface area contributed by atoms with Gasteiger partial charge in [-0.1, -0.05) is 45.6 Å². The van der Waals surface area contributed by atoms with Crippen molar-refractivity contribution >= 4 is 21.8 Å². The normalized spacial score (nSPS) is 13.7. The van der Waals surface area contributed by atoms with Crippen molar-refractivity contribution in [3.8, 4) is 0 Å². The summed E-state index contributed by atoms with van der Waals surface area (Å²) in [6.45, 7) is 13.6. The predicted molar refractivity (Wildman–Crippen MR) is 88.9 cm³/mol. The Hall–Kier alpha value is -1.38.